The Morgan fingerprint density at radius 3 is 2.63 bits per heavy atom. The van der Waals surface area contributed by atoms with E-state index in [0.29, 0.717) is 24.3 Å². The van der Waals surface area contributed by atoms with Crippen molar-refractivity contribution in [1.29, 1.82) is 0 Å². The van der Waals surface area contributed by atoms with Crippen LogP contribution in [0.15, 0.2) is 36.5 Å². The van der Waals surface area contributed by atoms with E-state index >= 15 is 0 Å². The number of anilines is 2. The number of pyridine rings is 1. The Bertz CT molecular complexity index is 949. The van der Waals surface area contributed by atoms with E-state index in [1.165, 1.54) is 29.3 Å². The number of halogens is 2. The van der Waals surface area contributed by atoms with Gasteiger partial charge < -0.3 is 10.2 Å². The van der Waals surface area contributed by atoms with Crippen molar-refractivity contribution in [3.63, 3.8) is 0 Å². The van der Waals surface area contributed by atoms with Crippen LogP contribution in [0.1, 0.15) is 23.7 Å². The van der Waals surface area contributed by atoms with Gasteiger partial charge in [0.25, 0.3) is 5.91 Å². The van der Waals surface area contributed by atoms with Crippen LogP contribution in [0.4, 0.5) is 20.3 Å². The molecule has 0 radical (unpaired) electrons. The Morgan fingerprint density at radius 2 is 2.07 bits per heavy atom. The van der Waals surface area contributed by atoms with Gasteiger partial charge in [-0.25, -0.2) is 22.2 Å². The van der Waals surface area contributed by atoms with Crippen molar-refractivity contribution in [1.82, 2.24) is 9.88 Å². The van der Waals surface area contributed by atoms with Crippen molar-refractivity contribution in [3.05, 3.63) is 53.7 Å². The zero-order chi connectivity index (χ0) is 19.6. The molecule has 1 aliphatic heterocycles. The van der Waals surface area contributed by atoms with E-state index in [-0.39, 0.29) is 29.1 Å². The Kier molecular flexibility index (Phi) is 5.41. The second-order valence-electron chi connectivity index (χ2n) is 6.33. The standard InChI is InChI=1S/C18H19F2N3O3S/c1-2-23(14-7-8-27(25,26)11-14)18(24)12-3-6-17(21-10-12)22-16-5-4-13(19)9-15(16)20/h3-6,9-10,14H,2,7-8,11H2,1H3,(H,21,22). The van der Waals surface area contributed by atoms with Gasteiger partial charge in [0, 0.05) is 24.8 Å². The maximum Gasteiger partial charge on any atom is 0.255 e. The van der Waals surface area contributed by atoms with Crippen LogP contribution >= 0.6 is 0 Å². The summed E-state index contributed by atoms with van der Waals surface area (Å²) in [5, 5.41) is 2.72. The smallest absolute Gasteiger partial charge is 0.255 e. The number of benzene rings is 1. The first-order valence-electron chi connectivity index (χ1n) is 8.48. The lowest BCUT2D eigenvalue weighted by molar-refractivity contribution is 0.0708. The Labute approximate surface area is 156 Å². The first-order chi connectivity index (χ1) is 12.8. The topological polar surface area (TPSA) is 79.4 Å². The summed E-state index contributed by atoms with van der Waals surface area (Å²) in [5.41, 5.74) is 0.376. The minimum atomic E-state index is -3.10. The lowest BCUT2D eigenvalue weighted by Gasteiger charge is -2.26. The lowest BCUT2D eigenvalue weighted by atomic mass is 10.1. The Hall–Kier alpha value is -2.55. The Balaban J connectivity index is 1.73. The lowest BCUT2D eigenvalue weighted by Crippen LogP contribution is -2.41. The molecule has 1 amide bonds. The van der Waals surface area contributed by atoms with Crippen LogP contribution in [0.3, 0.4) is 0 Å². The second kappa shape index (κ2) is 7.59. The van der Waals surface area contributed by atoms with Crippen molar-refractivity contribution in [2.45, 2.75) is 19.4 Å². The monoisotopic (exact) mass is 395 g/mol. The number of nitrogens with one attached hydrogen (secondary N) is 1. The van der Waals surface area contributed by atoms with E-state index in [0.717, 1.165) is 12.1 Å². The van der Waals surface area contributed by atoms with Crippen molar-refractivity contribution in [2.24, 2.45) is 0 Å². The quantitative estimate of drug-likeness (QED) is 0.842. The molecule has 0 spiro atoms. The second-order valence-corrected chi connectivity index (χ2v) is 8.56. The summed E-state index contributed by atoms with van der Waals surface area (Å²) < 4.78 is 50.0. The predicted molar refractivity (Wildman–Crippen MR) is 97.6 cm³/mol. The maximum atomic E-state index is 13.7. The number of sulfone groups is 1. The molecule has 6 nitrogen and oxygen atoms in total. The third-order valence-electron chi connectivity index (χ3n) is 4.46. The zero-order valence-electron chi connectivity index (χ0n) is 14.7. The highest BCUT2D eigenvalue weighted by Gasteiger charge is 2.34. The molecule has 1 unspecified atom stereocenters. The van der Waals surface area contributed by atoms with Crippen LogP contribution in [0.5, 0.6) is 0 Å². The fourth-order valence-electron chi connectivity index (χ4n) is 3.08. The zero-order valence-corrected chi connectivity index (χ0v) is 15.5. The van der Waals surface area contributed by atoms with E-state index < -0.39 is 21.5 Å². The summed E-state index contributed by atoms with van der Waals surface area (Å²) in [6.07, 6.45) is 1.77. The first-order valence-corrected chi connectivity index (χ1v) is 10.3. The maximum absolute atomic E-state index is 13.7. The van der Waals surface area contributed by atoms with Gasteiger partial charge in [-0.15, -0.1) is 0 Å². The van der Waals surface area contributed by atoms with Crippen LogP contribution in [-0.4, -0.2) is 48.3 Å². The molecule has 0 saturated carbocycles. The summed E-state index contributed by atoms with van der Waals surface area (Å²) in [7, 11) is -3.10. The molecular formula is C18H19F2N3O3S. The molecular weight excluding hydrogens is 376 g/mol. The molecule has 1 atom stereocenters. The number of amides is 1. The van der Waals surface area contributed by atoms with Crippen LogP contribution in [-0.2, 0) is 9.84 Å². The third-order valence-corrected chi connectivity index (χ3v) is 6.21. The van der Waals surface area contributed by atoms with Crippen molar-refractivity contribution < 1.29 is 22.0 Å². The van der Waals surface area contributed by atoms with E-state index in [9.17, 15) is 22.0 Å². The Morgan fingerprint density at radius 1 is 1.30 bits per heavy atom. The van der Waals surface area contributed by atoms with Gasteiger partial charge in [-0.05, 0) is 37.6 Å². The molecule has 2 heterocycles. The number of hydrogen-bond acceptors (Lipinski definition) is 5. The number of nitrogens with zero attached hydrogens (tertiary/aromatic N) is 2. The number of hydrogen-bond donors (Lipinski definition) is 1. The molecule has 1 saturated heterocycles. The molecule has 0 aliphatic carbocycles. The van der Waals surface area contributed by atoms with Gasteiger partial charge in [0.15, 0.2) is 9.84 Å². The fraction of sp³-hybridized carbons (Fsp3) is 0.333. The number of rotatable bonds is 5. The molecule has 3 rings (SSSR count). The average Bonchev–Trinajstić information content (AvgIpc) is 2.98. The van der Waals surface area contributed by atoms with Crippen LogP contribution in [0, 0.1) is 11.6 Å². The van der Waals surface area contributed by atoms with Gasteiger partial charge in [0.2, 0.25) is 0 Å². The fourth-order valence-corrected chi connectivity index (χ4v) is 4.81. The van der Waals surface area contributed by atoms with Gasteiger partial charge in [0.05, 0.1) is 22.8 Å². The number of aromatic nitrogens is 1. The van der Waals surface area contributed by atoms with E-state index in [2.05, 4.69) is 10.3 Å². The van der Waals surface area contributed by atoms with Crippen LogP contribution in [0.25, 0.3) is 0 Å². The molecule has 27 heavy (non-hydrogen) atoms. The van der Waals surface area contributed by atoms with Crippen molar-refractivity contribution in [2.75, 3.05) is 23.4 Å². The van der Waals surface area contributed by atoms with Crippen LogP contribution in [0.2, 0.25) is 0 Å². The van der Waals surface area contributed by atoms with E-state index in [4.69, 9.17) is 0 Å². The molecule has 2 aromatic rings. The van der Waals surface area contributed by atoms with E-state index in [1.54, 1.807) is 6.92 Å². The molecule has 144 valence electrons. The highest BCUT2D eigenvalue weighted by atomic mass is 32.2. The largest absolute Gasteiger partial charge is 0.338 e. The SMILES string of the molecule is CCN(C(=O)c1ccc(Nc2ccc(F)cc2F)nc1)C1CCS(=O)(=O)C1. The molecule has 0 bridgehead atoms. The predicted octanol–water partition coefficient (Wildman–Crippen LogP) is 2.75. The van der Waals surface area contributed by atoms with Crippen molar-refractivity contribution >= 4 is 27.2 Å². The first kappa shape index (κ1) is 19.2. The van der Waals surface area contributed by atoms with Gasteiger partial charge in [0.1, 0.15) is 17.5 Å². The summed E-state index contributed by atoms with van der Waals surface area (Å²) in [6.45, 7) is 2.18. The number of carbonyl (C=O) groups excluding carboxylic acids is 1. The summed E-state index contributed by atoms with van der Waals surface area (Å²) in [5.74, 6) is -1.37. The summed E-state index contributed by atoms with van der Waals surface area (Å²) >= 11 is 0. The molecule has 1 fully saturated rings. The summed E-state index contributed by atoms with van der Waals surface area (Å²) in [6, 6.07) is 5.84. The van der Waals surface area contributed by atoms with Gasteiger partial charge >= 0.3 is 0 Å². The normalized spacial score (nSPS) is 18.3. The van der Waals surface area contributed by atoms with Gasteiger partial charge in [-0.3, -0.25) is 4.79 Å². The third kappa shape index (κ3) is 4.41. The van der Waals surface area contributed by atoms with Crippen LogP contribution < -0.4 is 5.32 Å². The molecule has 1 aromatic carbocycles. The summed E-state index contributed by atoms with van der Waals surface area (Å²) in [4.78, 5) is 18.3. The molecule has 1 aromatic heterocycles. The van der Waals surface area contributed by atoms with Gasteiger partial charge in [-0.2, -0.15) is 0 Å². The number of carbonyl (C=O) groups is 1. The van der Waals surface area contributed by atoms with E-state index in [1.807, 2.05) is 0 Å². The van der Waals surface area contributed by atoms with Crippen molar-refractivity contribution in [3.8, 4) is 0 Å². The molecule has 1 N–H and O–H groups in total. The minimum absolute atomic E-state index is 0.0243. The highest BCUT2D eigenvalue weighted by Crippen LogP contribution is 2.22. The molecule has 1 aliphatic rings. The van der Waals surface area contributed by atoms with Gasteiger partial charge in [-0.1, -0.05) is 0 Å². The molecule has 9 heteroatoms. The average molecular weight is 395 g/mol. The minimum Gasteiger partial charge on any atom is -0.338 e. The highest BCUT2D eigenvalue weighted by molar-refractivity contribution is 7.91.